The van der Waals surface area contributed by atoms with Crippen molar-refractivity contribution in [2.24, 2.45) is 0 Å². The molecule has 33 heavy (non-hydrogen) atoms. The van der Waals surface area contributed by atoms with Gasteiger partial charge in [-0.15, -0.1) is 16.9 Å². The van der Waals surface area contributed by atoms with Gasteiger partial charge in [0.2, 0.25) is 5.89 Å². The number of aromatic nitrogens is 2. The second-order valence-corrected chi connectivity index (χ2v) is 9.30. The van der Waals surface area contributed by atoms with Crippen LogP contribution in [0, 0.1) is 5.82 Å². The fraction of sp³-hybridized carbons (Fsp3) is 0.0455. The highest BCUT2D eigenvalue weighted by Gasteiger charge is 2.16. The fourth-order valence-corrected chi connectivity index (χ4v) is 4.35. The number of nitrogens with one attached hydrogen (secondary N) is 2. The molecule has 0 radical (unpaired) electrons. The van der Waals surface area contributed by atoms with Crippen LogP contribution in [0.15, 0.2) is 87.0 Å². The third-order valence-corrected chi connectivity index (χ3v) is 6.61. The van der Waals surface area contributed by atoms with Gasteiger partial charge in [0, 0.05) is 21.7 Å². The minimum Gasteiger partial charge on any atom is -0.403 e. The average molecular weight is 485 g/mol. The summed E-state index contributed by atoms with van der Waals surface area (Å²) in [6.07, 6.45) is 1.96. The standard InChI is InChI=1S/C22H17FN4O4S2/c1-32-18-4-2-3-15(13-18)21-25-26-22(31-21)24-20(28)14-5-9-17(10-6-14)27-33(29,30)19-11-7-16(23)8-12-19/h2-13,27H,1H3,(H,24,26,28). The highest BCUT2D eigenvalue weighted by Crippen LogP contribution is 2.25. The number of sulfonamides is 1. The van der Waals surface area contributed by atoms with Crippen molar-refractivity contribution in [3.8, 4) is 11.5 Å². The number of halogens is 1. The van der Waals surface area contributed by atoms with Gasteiger partial charge in [0.15, 0.2) is 0 Å². The summed E-state index contributed by atoms with van der Waals surface area (Å²) in [5, 5.41) is 10.3. The molecule has 0 aliphatic heterocycles. The number of anilines is 2. The smallest absolute Gasteiger partial charge is 0.322 e. The van der Waals surface area contributed by atoms with Crippen molar-refractivity contribution in [3.05, 3.63) is 84.2 Å². The van der Waals surface area contributed by atoms with E-state index in [0.717, 1.165) is 34.7 Å². The molecule has 3 aromatic carbocycles. The van der Waals surface area contributed by atoms with E-state index in [2.05, 4.69) is 20.2 Å². The van der Waals surface area contributed by atoms with Gasteiger partial charge in [0.1, 0.15) is 5.82 Å². The summed E-state index contributed by atoms with van der Waals surface area (Å²) >= 11 is 1.58. The summed E-state index contributed by atoms with van der Waals surface area (Å²) in [6.45, 7) is 0. The van der Waals surface area contributed by atoms with Crippen molar-refractivity contribution in [1.29, 1.82) is 0 Å². The van der Waals surface area contributed by atoms with E-state index < -0.39 is 21.7 Å². The zero-order valence-electron chi connectivity index (χ0n) is 17.2. The maximum absolute atomic E-state index is 13.0. The molecule has 168 valence electrons. The number of rotatable bonds is 7. The normalized spacial score (nSPS) is 11.2. The third-order valence-electron chi connectivity index (χ3n) is 4.49. The number of hydrogen-bond donors (Lipinski definition) is 2. The lowest BCUT2D eigenvalue weighted by atomic mass is 10.2. The lowest BCUT2D eigenvalue weighted by molar-refractivity contribution is 0.102. The summed E-state index contributed by atoms with van der Waals surface area (Å²) in [5.74, 6) is -0.770. The third kappa shape index (κ3) is 5.38. The minimum absolute atomic E-state index is 0.0642. The van der Waals surface area contributed by atoms with Crippen LogP contribution in [-0.4, -0.2) is 30.8 Å². The zero-order chi connectivity index (χ0) is 23.4. The second-order valence-electron chi connectivity index (χ2n) is 6.74. The number of hydrogen-bond acceptors (Lipinski definition) is 7. The van der Waals surface area contributed by atoms with E-state index in [1.165, 1.54) is 24.3 Å². The first kappa shape index (κ1) is 22.5. The Balaban J connectivity index is 1.42. The van der Waals surface area contributed by atoms with E-state index in [1.807, 2.05) is 30.5 Å². The van der Waals surface area contributed by atoms with Gasteiger partial charge in [0.25, 0.3) is 15.9 Å². The van der Waals surface area contributed by atoms with Crippen LogP contribution >= 0.6 is 11.8 Å². The zero-order valence-corrected chi connectivity index (χ0v) is 18.8. The van der Waals surface area contributed by atoms with Gasteiger partial charge in [-0.2, -0.15) is 0 Å². The number of amides is 1. The Kier molecular flexibility index (Phi) is 6.43. The molecule has 0 aliphatic carbocycles. The van der Waals surface area contributed by atoms with E-state index in [0.29, 0.717) is 0 Å². The highest BCUT2D eigenvalue weighted by molar-refractivity contribution is 7.98. The van der Waals surface area contributed by atoms with Crippen molar-refractivity contribution in [2.45, 2.75) is 9.79 Å². The predicted octanol–water partition coefficient (Wildman–Crippen LogP) is 4.65. The number of carbonyl (C=O) groups excluding carboxylic acids is 1. The first-order chi connectivity index (χ1) is 15.8. The number of benzene rings is 3. The minimum atomic E-state index is -3.89. The summed E-state index contributed by atoms with van der Waals surface area (Å²) in [5.41, 5.74) is 1.22. The molecule has 0 saturated heterocycles. The van der Waals surface area contributed by atoms with E-state index in [1.54, 1.807) is 11.8 Å². The number of thioether (sulfide) groups is 1. The van der Waals surface area contributed by atoms with E-state index in [4.69, 9.17) is 4.42 Å². The number of nitrogens with zero attached hydrogens (tertiary/aromatic N) is 2. The van der Waals surface area contributed by atoms with E-state index >= 15 is 0 Å². The monoisotopic (exact) mass is 484 g/mol. The SMILES string of the molecule is CSc1cccc(-c2nnc(NC(=O)c3ccc(NS(=O)(=O)c4ccc(F)cc4)cc3)o2)c1. The van der Waals surface area contributed by atoms with Gasteiger partial charge in [-0.3, -0.25) is 14.8 Å². The summed E-state index contributed by atoms with van der Waals surface area (Å²) in [7, 11) is -3.89. The Bertz CT molecular complexity index is 1390. The van der Waals surface area contributed by atoms with Crippen molar-refractivity contribution in [3.63, 3.8) is 0 Å². The molecule has 1 amide bonds. The summed E-state index contributed by atoms with van der Waals surface area (Å²) in [4.78, 5) is 13.4. The molecule has 8 nitrogen and oxygen atoms in total. The van der Waals surface area contributed by atoms with Crippen molar-refractivity contribution in [2.75, 3.05) is 16.3 Å². The molecule has 2 N–H and O–H groups in total. The molecule has 4 aromatic rings. The molecule has 1 heterocycles. The molecule has 4 rings (SSSR count). The topological polar surface area (TPSA) is 114 Å². The summed E-state index contributed by atoms with van der Waals surface area (Å²) < 4.78 is 45.7. The summed E-state index contributed by atoms with van der Waals surface area (Å²) in [6, 6.07) is 17.7. The molecular weight excluding hydrogens is 467 g/mol. The van der Waals surface area contributed by atoms with Crippen molar-refractivity contribution < 1.29 is 22.0 Å². The maximum Gasteiger partial charge on any atom is 0.322 e. The van der Waals surface area contributed by atoms with Gasteiger partial charge in [0.05, 0.1) is 4.90 Å². The number of carbonyl (C=O) groups is 1. The van der Waals surface area contributed by atoms with Gasteiger partial charge < -0.3 is 4.42 Å². The molecular formula is C22H17FN4O4S2. The Morgan fingerprint density at radius 2 is 1.73 bits per heavy atom. The van der Waals surface area contributed by atoms with E-state index in [9.17, 15) is 17.6 Å². The Morgan fingerprint density at radius 1 is 1.00 bits per heavy atom. The van der Waals surface area contributed by atoms with Gasteiger partial charge in [-0.1, -0.05) is 11.2 Å². The molecule has 0 atom stereocenters. The Hall–Kier alpha value is -3.70. The van der Waals surface area contributed by atoms with Crippen molar-refractivity contribution >= 4 is 39.4 Å². The fourth-order valence-electron chi connectivity index (χ4n) is 2.83. The van der Waals surface area contributed by atoms with E-state index in [-0.39, 0.29) is 28.1 Å². The first-order valence-corrected chi connectivity index (χ1v) is 12.2. The first-order valence-electron chi connectivity index (χ1n) is 9.52. The molecule has 0 fully saturated rings. The van der Waals surface area contributed by atoms with Gasteiger partial charge >= 0.3 is 6.01 Å². The molecule has 0 spiro atoms. The van der Waals surface area contributed by atoms with Crippen LogP contribution in [0.2, 0.25) is 0 Å². The molecule has 1 aromatic heterocycles. The van der Waals surface area contributed by atoms with Crippen LogP contribution in [0.25, 0.3) is 11.5 Å². The molecule has 0 bridgehead atoms. The van der Waals surface area contributed by atoms with Gasteiger partial charge in [-0.05, 0) is 73.0 Å². The van der Waals surface area contributed by atoms with Gasteiger partial charge in [-0.25, -0.2) is 12.8 Å². The Labute approximate surface area is 193 Å². The van der Waals surface area contributed by atoms with Crippen LogP contribution in [0.1, 0.15) is 10.4 Å². The molecule has 0 unspecified atom stereocenters. The van der Waals surface area contributed by atoms with Crippen LogP contribution in [0.4, 0.5) is 16.1 Å². The van der Waals surface area contributed by atoms with Crippen LogP contribution in [0.5, 0.6) is 0 Å². The second kappa shape index (κ2) is 9.43. The predicted molar refractivity (Wildman–Crippen MR) is 123 cm³/mol. The molecule has 0 saturated carbocycles. The lowest BCUT2D eigenvalue weighted by Crippen LogP contribution is -2.14. The van der Waals surface area contributed by atoms with Crippen LogP contribution in [0.3, 0.4) is 0 Å². The van der Waals surface area contributed by atoms with Crippen molar-refractivity contribution in [1.82, 2.24) is 10.2 Å². The largest absolute Gasteiger partial charge is 0.403 e. The molecule has 11 heteroatoms. The average Bonchev–Trinajstić information content (AvgIpc) is 3.28. The quantitative estimate of drug-likeness (QED) is 0.367. The highest BCUT2D eigenvalue weighted by atomic mass is 32.2. The molecule has 0 aliphatic rings. The van der Waals surface area contributed by atoms with Crippen LogP contribution < -0.4 is 10.0 Å². The Morgan fingerprint density at radius 3 is 2.42 bits per heavy atom. The van der Waals surface area contributed by atoms with Crippen LogP contribution in [-0.2, 0) is 10.0 Å². The maximum atomic E-state index is 13.0. The lowest BCUT2D eigenvalue weighted by Gasteiger charge is -2.08.